The first-order chi connectivity index (χ1) is 12.8. The van der Waals surface area contributed by atoms with E-state index in [9.17, 15) is 0 Å². The molecule has 0 unspecified atom stereocenters. The number of aromatic nitrogens is 2. The smallest absolute Gasteiger partial charge is 0.0595 e. The minimum Gasteiger partial charge on any atom is -0.358 e. The van der Waals surface area contributed by atoms with E-state index in [1.807, 2.05) is 18.2 Å². The predicted molar refractivity (Wildman–Crippen MR) is 111 cm³/mol. The summed E-state index contributed by atoms with van der Waals surface area (Å²) in [6, 6.07) is 23.3. The number of hydrogen-bond acceptors (Lipinski definition) is 1. The van der Waals surface area contributed by atoms with Gasteiger partial charge in [-0.3, -0.25) is 0 Å². The van der Waals surface area contributed by atoms with Crippen LogP contribution in [0.3, 0.4) is 0 Å². The standard InChI is InChI=1S/C22H17ClN2S/c23-19-7-3-1-6-16(19)14-25-18(13-22-21(25)9-10-26-22)12-17-11-15-5-2-4-8-20(15)24-17/h1-11,13,24H,12,14H2. The van der Waals surface area contributed by atoms with Crippen LogP contribution in [0.15, 0.2) is 72.1 Å². The Balaban J connectivity index is 1.57. The molecule has 2 aromatic carbocycles. The Kier molecular flexibility index (Phi) is 3.84. The second kappa shape index (κ2) is 6.35. The van der Waals surface area contributed by atoms with Crippen molar-refractivity contribution in [1.82, 2.24) is 9.55 Å². The fraction of sp³-hybridized carbons (Fsp3) is 0.0909. The predicted octanol–water partition coefficient (Wildman–Crippen LogP) is 6.48. The van der Waals surface area contributed by atoms with Crippen molar-refractivity contribution in [1.29, 1.82) is 0 Å². The van der Waals surface area contributed by atoms with Crippen LogP contribution >= 0.6 is 22.9 Å². The molecule has 0 aliphatic carbocycles. The van der Waals surface area contributed by atoms with Gasteiger partial charge in [0.1, 0.15) is 0 Å². The first kappa shape index (κ1) is 15.7. The van der Waals surface area contributed by atoms with E-state index in [0.717, 1.165) is 23.6 Å². The number of nitrogens with zero attached hydrogens (tertiary/aromatic N) is 1. The monoisotopic (exact) mass is 376 g/mol. The lowest BCUT2D eigenvalue weighted by Gasteiger charge is -2.11. The number of benzene rings is 2. The fourth-order valence-electron chi connectivity index (χ4n) is 3.58. The average Bonchev–Trinajstić information content (AvgIpc) is 3.33. The van der Waals surface area contributed by atoms with Gasteiger partial charge in [-0.05, 0) is 46.7 Å². The number of hydrogen-bond donors (Lipinski definition) is 1. The van der Waals surface area contributed by atoms with Crippen LogP contribution in [0.4, 0.5) is 0 Å². The summed E-state index contributed by atoms with van der Waals surface area (Å²) in [6.45, 7) is 0.787. The number of aromatic amines is 1. The molecule has 0 saturated carbocycles. The average molecular weight is 377 g/mol. The molecule has 0 spiro atoms. The molecule has 0 atom stereocenters. The molecule has 0 fully saturated rings. The molecule has 4 heteroatoms. The molecule has 0 radical (unpaired) electrons. The molecule has 0 saturated heterocycles. The molecule has 26 heavy (non-hydrogen) atoms. The van der Waals surface area contributed by atoms with Crippen LogP contribution in [-0.2, 0) is 13.0 Å². The van der Waals surface area contributed by atoms with Crippen molar-refractivity contribution >= 4 is 44.1 Å². The Labute approximate surface area is 160 Å². The van der Waals surface area contributed by atoms with E-state index in [0.29, 0.717) is 0 Å². The maximum atomic E-state index is 6.42. The van der Waals surface area contributed by atoms with Crippen molar-refractivity contribution in [3.63, 3.8) is 0 Å². The van der Waals surface area contributed by atoms with Gasteiger partial charge < -0.3 is 9.55 Å². The Morgan fingerprint density at radius 3 is 2.69 bits per heavy atom. The summed E-state index contributed by atoms with van der Waals surface area (Å²) >= 11 is 8.20. The van der Waals surface area contributed by atoms with Gasteiger partial charge in [0, 0.05) is 34.9 Å². The zero-order valence-electron chi connectivity index (χ0n) is 14.1. The van der Waals surface area contributed by atoms with Crippen LogP contribution in [0.25, 0.3) is 21.1 Å². The second-order valence-electron chi connectivity index (χ2n) is 6.54. The van der Waals surface area contributed by atoms with E-state index in [-0.39, 0.29) is 0 Å². The minimum atomic E-state index is 0.787. The maximum absolute atomic E-state index is 6.42. The highest BCUT2D eigenvalue weighted by Crippen LogP contribution is 2.29. The van der Waals surface area contributed by atoms with Crippen LogP contribution in [0.2, 0.25) is 5.02 Å². The molecule has 0 bridgehead atoms. The topological polar surface area (TPSA) is 20.7 Å². The molecule has 3 heterocycles. The third-order valence-electron chi connectivity index (χ3n) is 4.85. The molecular weight excluding hydrogens is 360 g/mol. The molecule has 0 amide bonds. The number of H-pyrrole nitrogens is 1. The number of thiophene rings is 1. The molecule has 3 aromatic heterocycles. The van der Waals surface area contributed by atoms with Crippen molar-refractivity contribution in [2.75, 3.05) is 0 Å². The number of rotatable bonds is 4. The van der Waals surface area contributed by atoms with E-state index >= 15 is 0 Å². The molecule has 2 nitrogen and oxygen atoms in total. The lowest BCUT2D eigenvalue weighted by Crippen LogP contribution is -2.05. The van der Waals surface area contributed by atoms with Gasteiger partial charge in [-0.25, -0.2) is 0 Å². The number of halogens is 1. The van der Waals surface area contributed by atoms with Gasteiger partial charge in [-0.2, -0.15) is 0 Å². The van der Waals surface area contributed by atoms with E-state index in [4.69, 9.17) is 11.6 Å². The van der Waals surface area contributed by atoms with E-state index in [2.05, 4.69) is 63.5 Å². The normalized spacial score (nSPS) is 11.6. The highest BCUT2D eigenvalue weighted by atomic mass is 35.5. The molecule has 0 aliphatic heterocycles. The van der Waals surface area contributed by atoms with Crippen molar-refractivity contribution in [2.24, 2.45) is 0 Å². The van der Waals surface area contributed by atoms with Gasteiger partial charge in [0.15, 0.2) is 0 Å². The molecule has 5 rings (SSSR count). The van der Waals surface area contributed by atoms with Gasteiger partial charge >= 0.3 is 0 Å². The Morgan fingerprint density at radius 1 is 0.962 bits per heavy atom. The van der Waals surface area contributed by atoms with Gasteiger partial charge in [-0.15, -0.1) is 11.3 Å². The summed E-state index contributed by atoms with van der Waals surface area (Å²) in [6.07, 6.45) is 0.876. The number of fused-ring (bicyclic) bond motifs is 2. The van der Waals surface area contributed by atoms with E-state index in [1.54, 1.807) is 11.3 Å². The molecule has 0 aliphatic rings. The highest BCUT2D eigenvalue weighted by Gasteiger charge is 2.13. The van der Waals surface area contributed by atoms with Crippen LogP contribution in [0.5, 0.6) is 0 Å². The fourth-order valence-corrected chi connectivity index (χ4v) is 4.63. The van der Waals surface area contributed by atoms with Gasteiger partial charge in [-0.1, -0.05) is 48.0 Å². The summed E-state index contributed by atoms with van der Waals surface area (Å²) in [5.74, 6) is 0. The lowest BCUT2D eigenvalue weighted by atomic mass is 10.2. The third kappa shape index (κ3) is 2.74. The number of nitrogens with one attached hydrogen (secondary N) is 1. The maximum Gasteiger partial charge on any atom is 0.0595 e. The summed E-state index contributed by atoms with van der Waals surface area (Å²) in [5, 5.41) is 4.23. The van der Waals surface area contributed by atoms with Crippen LogP contribution < -0.4 is 0 Å². The van der Waals surface area contributed by atoms with Crippen molar-refractivity contribution in [3.05, 3.63) is 94.1 Å². The third-order valence-corrected chi connectivity index (χ3v) is 6.07. The molecule has 5 aromatic rings. The van der Waals surface area contributed by atoms with E-state index < -0.39 is 0 Å². The first-order valence-electron chi connectivity index (χ1n) is 8.63. The number of para-hydroxylation sites is 1. The first-order valence-corrected chi connectivity index (χ1v) is 9.89. The Bertz CT molecular complexity index is 1180. The van der Waals surface area contributed by atoms with Crippen LogP contribution in [-0.4, -0.2) is 9.55 Å². The summed E-state index contributed by atoms with van der Waals surface area (Å²) < 4.78 is 3.71. The Morgan fingerprint density at radius 2 is 1.81 bits per heavy atom. The zero-order valence-corrected chi connectivity index (χ0v) is 15.6. The molecular formula is C22H17ClN2S. The molecule has 128 valence electrons. The van der Waals surface area contributed by atoms with Crippen molar-refractivity contribution in [2.45, 2.75) is 13.0 Å². The van der Waals surface area contributed by atoms with Gasteiger partial charge in [0.05, 0.1) is 10.2 Å². The highest BCUT2D eigenvalue weighted by molar-refractivity contribution is 7.17. The SMILES string of the molecule is Clc1ccccc1Cn1c(Cc2cc3ccccc3[nH]2)cc2sccc21. The van der Waals surface area contributed by atoms with Crippen LogP contribution in [0, 0.1) is 0 Å². The molecule has 1 N–H and O–H groups in total. The summed E-state index contributed by atoms with van der Waals surface area (Å²) in [4.78, 5) is 3.55. The quantitative estimate of drug-likeness (QED) is 0.370. The lowest BCUT2D eigenvalue weighted by molar-refractivity contribution is 0.781. The largest absolute Gasteiger partial charge is 0.358 e. The van der Waals surface area contributed by atoms with Gasteiger partial charge in [0.2, 0.25) is 0 Å². The van der Waals surface area contributed by atoms with Crippen molar-refractivity contribution < 1.29 is 0 Å². The summed E-state index contributed by atoms with van der Waals surface area (Å²) in [5.41, 5.74) is 6.15. The minimum absolute atomic E-state index is 0.787. The van der Waals surface area contributed by atoms with Gasteiger partial charge in [0.25, 0.3) is 0 Å². The second-order valence-corrected chi connectivity index (χ2v) is 7.90. The van der Waals surface area contributed by atoms with Crippen LogP contribution in [0.1, 0.15) is 17.0 Å². The van der Waals surface area contributed by atoms with Crippen molar-refractivity contribution in [3.8, 4) is 0 Å². The van der Waals surface area contributed by atoms with E-state index in [1.165, 1.54) is 32.5 Å². The Hall–Kier alpha value is -2.49. The zero-order chi connectivity index (χ0) is 17.5. The summed E-state index contributed by atoms with van der Waals surface area (Å²) in [7, 11) is 0.